The van der Waals surface area contributed by atoms with Crippen LogP contribution >= 0.6 is 23.8 Å². The van der Waals surface area contributed by atoms with Crippen molar-refractivity contribution < 1.29 is 14.3 Å². The molecule has 3 aromatic carbocycles. The lowest BCUT2D eigenvalue weighted by atomic mass is 10.2. The zero-order valence-electron chi connectivity index (χ0n) is 16.7. The first kappa shape index (κ1) is 22.3. The highest BCUT2D eigenvalue weighted by Gasteiger charge is 2.08. The summed E-state index contributed by atoms with van der Waals surface area (Å²) in [6.07, 6.45) is 1.60. The molecule has 0 saturated heterocycles. The van der Waals surface area contributed by atoms with Gasteiger partial charge in [-0.15, -0.1) is 0 Å². The molecule has 0 heterocycles. The standard InChI is InChI=1S/C23H20ClN3O3S/c1-2-29-20-12-8-17(9-13-20)22(28)30-21-10-6-16(7-11-21)15-25-27-23(31)26-19-5-3-4-18(24)14-19/h3-15H,2H2,1H3,(H2,26,27,31). The van der Waals surface area contributed by atoms with Crippen LogP contribution in [0.15, 0.2) is 77.9 Å². The van der Waals surface area contributed by atoms with Crippen LogP contribution in [-0.4, -0.2) is 23.9 Å². The molecule has 3 rings (SSSR count). The van der Waals surface area contributed by atoms with Gasteiger partial charge in [0.15, 0.2) is 5.11 Å². The third-order valence-electron chi connectivity index (χ3n) is 3.95. The summed E-state index contributed by atoms with van der Waals surface area (Å²) in [6, 6.07) is 20.9. The van der Waals surface area contributed by atoms with Crippen molar-refractivity contribution in [1.29, 1.82) is 0 Å². The van der Waals surface area contributed by atoms with E-state index < -0.39 is 5.97 Å². The fraction of sp³-hybridized carbons (Fsp3) is 0.0870. The van der Waals surface area contributed by atoms with Crippen LogP contribution in [0.25, 0.3) is 0 Å². The van der Waals surface area contributed by atoms with E-state index in [0.717, 1.165) is 11.3 Å². The summed E-state index contributed by atoms with van der Waals surface area (Å²) in [5.41, 5.74) is 4.74. The normalized spacial score (nSPS) is 10.5. The number of thiocarbonyl (C=S) groups is 1. The van der Waals surface area contributed by atoms with Crippen LogP contribution in [0.5, 0.6) is 11.5 Å². The molecule has 0 aliphatic rings. The van der Waals surface area contributed by atoms with Crippen LogP contribution in [0, 0.1) is 0 Å². The van der Waals surface area contributed by atoms with Gasteiger partial charge in [-0.25, -0.2) is 4.79 Å². The van der Waals surface area contributed by atoms with Crippen molar-refractivity contribution in [2.75, 3.05) is 11.9 Å². The highest BCUT2D eigenvalue weighted by atomic mass is 35.5. The van der Waals surface area contributed by atoms with Gasteiger partial charge in [0, 0.05) is 10.7 Å². The fourth-order valence-corrected chi connectivity index (χ4v) is 2.89. The van der Waals surface area contributed by atoms with Crippen LogP contribution in [0.3, 0.4) is 0 Å². The van der Waals surface area contributed by atoms with Crippen molar-refractivity contribution in [3.05, 3.63) is 88.9 Å². The van der Waals surface area contributed by atoms with E-state index in [2.05, 4.69) is 15.8 Å². The van der Waals surface area contributed by atoms with Crippen molar-refractivity contribution in [3.8, 4) is 11.5 Å². The second-order valence-electron chi connectivity index (χ2n) is 6.25. The number of hydrogen-bond acceptors (Lipinski definition) is 5. The Morgan fingerprint density at radius 3 is 2.45 bits per heavy atom. The van der Waals surface area contributed by atoms with Crippen molar-refractivity contribution in [2.24, 2.45) is 5.10 Å². The van der Waals surface area contributed by atoms with Crippen LogP contribution in [0.1, 0.15) is 22.8 Å². The van der Waals surface area contributed by atoms with E-state index in [4.69, 9.17) is 33.3 Å². The van der Waals surface area contributed by atoms with Crippen molar-refractivity contribution >= 4 is 46.8 Å². The average molecular weight is 454 g/mol. The predicted octanol–water partition coefficient (Wildman–Crippen LogP) is 5.28. The maximum absolute atomic E-state index is 12.3. The summed E-state index contributed by atoms with van der Waals surface area (Å²) in [5, 5.41) is 8.02. The molecule has 0 fully saturated rings. The summed E-state index contributed by atoms with van der Waals surface area (Å²) in [4.78, 5) is 12.3. The molecule has 8 heteroatoms. The lowest BCUT2D eigenvalue weighted by Crippen LogP contribution is -2.23. The van der Waals surface area contributed by atoms with Gasteiger partial charge >= 0.3 is 5.97 Å². The third-order valence-corrected chi connectivity index (χ3v) is 4.38. The maximum atomic E-state index is 12.3. The third kappa shape index (κ3) is 7.09. The number of carbonyl (C=O) groups excluding carboxylic acids is 1. The van der Waals surface area contributed by atoms with Crippen LogP contribution in [-0.2, 0) is 0 Å². The molecule has 3 aromatic rings. The molecular formula is C23H20ClN3O3S. The molecule has 0 atom stereocenters. The number of nitrogens with zero attached hydrogens (tertiary/aromatic N) is 1. The summed E-state index contributed by atoms with van der Waals surface area (Å²) in [6.45, 7) is 2.47. The van der Waals surface area contributed by atoms with E-state index in [1.807, 2.05) is 19.1 Å². The van der Waals surface area contributed by atoms with Gasteiger partial charge in [0.1, 0.15) is 11.5 Å². The Morgan fingerprint density at radius 2 is 1.77 bits per heavy atom. The number of nitrogens with one attached hydrogen (secondary N) is 2. The second kappa shape index (κ2) is 11.1. The Bertz CT molecular complexity index is 1070. The van der Waals surface area contributed by atoms with Gasteiger partial charge in [-0.05, 0) is 91.4 Å². The Hall–Kier alpha value is -3.42. The summed E-state index contributed by atoms with van der Waals surface area (Å²) < 4.78 is 10.8. The van der Waals surface area contributed by atoms with Crippen LogP contribution in [0.4, 0.5) is 5.69 Å². The molecule has 0 bridgehead atoms. The molecule has 0 radical (unpaired) electrons. The Balaban J connectivity index is 1.50. The molecule has 158 valence electrons. The Morgan fingerprint density at radius 1 is 1.06 bits per heavy atom. The summed E-state index contributed by atoms with van der Waals surface area (Å²) in [7, 11) is 0. The van der Waals surface area contributed by atoms with E-state index in [9.17, 15) is 4.79 Å². The predicted molar refractivity (Wildman–Crippen MR) is 127 cm³/mol. The van der Waals surface area contributed by atoms with Gasteiger partial charge in [-0.3, -0.25) is 5.43 Å². The zero-order chi connectivity index (χ0) is 22.1. The van der Waals surface area contributed by atoms with Gasteiger partial charge in [0.05, 0.1) is 18.4 Å². The van der Waals surface area contributed by atoms with Crippen LogP contribution < -0.4 is 20.2 Å². The number of rotatable bonds is 7. The summed E-state index contributed by atoms with van der Waals surface area (Å²) in [5.74, 6) is 0.698. The number of anilines is 1. The summed E-state index contributed by atoms with van der Waals surface area (Å²) >= 11 is 11.1. The highest BCUT2D eigenvalue weighted by molar-refractivity contribution is 7.80. The van der Waals surface area contributed by atoms with Crippen molar-refractivity contribution in [2.45, 2.75) is 6.92 Å². The van der Waals surface area contributed by atoms with Crippen LogP contribution in [0.2, 0.25) is 5.02 Å². The van der Waals surface area contributed by atoms with E-state index in [0.29, 0.717) is 33.8 Å². The largest absolute Gasteiger partial charge is 0.494 e. The lowest BCUT2D eigenvalue weighted by Gasteiger charge is -2.07. The Kier molecular flexibility index (Phi) is 7.98. The van der Waals surface area contributed by atoms with E-state index >= 15 is 0 Å². The second-order valence-corrected chi connectivity index (χ2v) is 7.10. The number of benzene rings is 3. The number of carbonyl (C=O) groups is 1. The molecule has 31 heavy (non-hydrogen) atoms. The molecule has 0 unspecified atom stereocenters. The monoisotopic (exact) mass is 453 g/mol. The molecule has 0 amide bonds. The number of hydrogen-bond donors (Lipinski definition) is 2. The smallest absolute Gasteiger partial charge is 0.343 e. The first-order valence-corrected chi connectivity index (χ1v) is 10.2. The molecule has 0 aliphatic heterocycles. The molecule has 0 aromatic heterocycles. The molecule has 2 N–H and O–H groups in total. The average Bonchev–Trinajstić information content (AvgIpc) is 2.76. The maximum Gasteiger partial charge on any atom is 0.343 e. The fourth-order valence-electron chi connectivity index (χ4n) is 2.53. The number of ether oxygens (including phenoxy) is 2. The molecule has 0 spiro atoms. The van der Waals surface area contributed by atoms with Gasteiger partial charge < -0.3 is 14.8 Å². The van der Waals surface area contributed by atoms with Gasteiger partial charge in [0.2, 0.25) is 0 Å². The first-order chi connectivity index (χ1) is 15.0. The molecule has 0 aliphatic carbocycles. The SMILES string of the molecule is CCOc1ccc(C(=O)Oc2ccc(C=NNC(=S)Nc3cccc(Cl)c3)cc2)cc1. The number of hydrazone groups is 1. The molecule has 0 saturated carbocycles. The van der Waals surface area contributed by atoms with E-state index in [1.165, 1.54) is 0 Å². The molecule has 6 nitrogen and oxygen atoms in total. The number of halogens is 1. The van der Waals surface area contributed by atoms with E-state index in [1.54, 1.807) is 66.9 Å². The molecular weight excluding hydrogens is 434 g/mol. The minimum Gasteiger partial charge on any atom is -0.494 e. The minimum absolute atomic E-state index is 0.333. The van der Waals surface area contributed by atoms with Gasteiger partial charge in [-0.2, -0.15) is 5.10 Å². The van der Waals surface area contributed by atoms with Gasteiger partial charge in [0.25, 0.3) is 0 Å². The van der Waals surface area contributed by atoms with E-state index in [-0.39, 0.29) is 0 Å². The lowest BCUT2D eigenvalue weighted by molar-refractivity contribution is 0.0734. The Labute approximate surface area is 190 Å². The first-order valence-electron chi connectivity index (χ1n) is 9.44. The topological polar surface area (TPSA) is 72.0 Å². The zero-order valence-corrected chi connectivity index (χ0v) is 18.2. The van der Waals surface area contributed by atoms with Gasteiger partial charge in [-0.1, -0.05) is 17.7 Å². The minimum atomic E-state index is -0.441. The number of esters is 1. The van der Waals surface area contributed by atoms with Crippen molar-refractivity contribution in [1.82, 2.24) is 5.43 Å². The quantitative estimate of drug-likeness (QED) is 0.167. The van der Waals surface area contributed by atoms with Crippen molar-refractivity contribution in [3.63, 3.8) is 0 Å². The highest BCUT2D eigenvalue weighted by Crippen LogP contribution is 2.17.